The molecule has 0 saturated carbocycles. The van der Waals surface area contributed by atoms with Crippen LogP contribution < -0.4 is 15.6 Å². The Kier molecular flexibility index (Phi) is 7.72. The lowest BCUT2D eigenvalue weighted by atomic mass is 9.97. The molecule has 1 atom stereocenters. The summed E-state index contributed by atoms with van der Waals surface area (Å²) in [6, 6.07) is 5.45. The lowest BCUT2D eigenvalue weighted by Crippen LogP contribution is -2.51. The van der Waals surface area contributed by atoms with Gasteiger partial charge in [0.1, 0.15) is 5.84 Å². The Hall–Kier alpha value is -1.38. The Labute approximate surface area is 194 Å². The third-order valence-electron chi connectivity index (χ3n) is 6.42. The van der Waals surface area contributed by atoms with Gasteiger partial charge in [-0.2, -0.15) is 5.10 Å². The zero-order valence-electron chi connectivity index (χ0n) is 18.1. The van der Waals surface area contributed by atoms with Crippen molar-refractivity contribution in [3.63, 3.8) is 0 Å². The number of nitrogens with zero attached hydrogens (tertiary/aromatic N) is 4. The summed E-state index contributed by atoms with van der Waals surface area (Å²) in [7, 11) is 0. The Bertz CT molecular complexity index is 805. The molecule has 31 heavy (non-hydrogen) atoms. The molecule has 3 heterocycles. The molecule has 0 aliphatic carbocycles. The minimum atomic E-state index is 0.00777. The van der Waals surface area contributed by atoms with Crippen LogP contribution in [0.3, 0.4) is 0 Å². The molecule has 7 nitrogen and oxygen atoms in total. The average molecular weight is 467 g/mol. The number of piperazine rings is 1. The highest BCUT2D eigenvalue weighted by Gasteiger charge is 2.27. The normalized spacial score (nSPS) is 23.8. The van der Waals surface area contributed by atoms with Crippen molar-refractivity contribution in [2.75, 3.05) is 63.9 Å². The minimum absolute atomic E-state index is 0.00777. The van der Waals surface area contributed by atoms with Crippen LogP contribution in [0.25, 0.3) is 0 Å². The Morgan fingerprint density at radius 3 is 2.55 bits per heavy atom. The van der Waals surface area contributed by atoms with Gasteiger partial charge in [0.05, 0.1) is 28.8 Å². The molecule has 0 radical (unpaired) electrons. The maximum Gasteiger partial charge on any atom is 0.239 e. The number of benzene rings is 1. The first kappa shape index (κ1) is 22.8. The van der Waals surface area contributed by atoms with E-state index in [0.29, 0.717) is 29.0 Å². The van der Waals surface area contributed by atoms with E-state index in [0.717, 1.165) is 50.9 Å². The smallest absolute Gasteiger partial charge is 0.239 e. The number of halogens is 2. The van der Waals surface area contributed by atoms with E-state index in [-0.39, 0.29) is 11.8 Å². The molecule has 2 fully saturated rings. The van der Waals surface area contributed by atoms with Gasteiger partial charge in [0.25, 0.3) is 0 Å². The van der Waals surface area contributed by atoms with Crippen LogP contribution in [0.2, 0.25) is 10.0 Å². The second kappa shape index (κ2) is 10.5. The Morgan fingerprint density at radius 1 is 1.13 bits per heavy atom. The number of amides is 1. The number of nitrogens with one attached hydrogen (secondary N) is 2. The van der Waals surface area contributed by atoms with Crippen molar-refractivity contribution >= 4 is 40.6 Å². The highest BCUT2D eigenvalue weighted by Crippen LogP contribution is 2.29. The van der Waals surface area contributed by atoms with Gasteiger partial charge in [0, 0.05) is 38.6 Å². The van der Waals surface area contributed by atoms with Gasteiger partial charge < -0.3 is 15.5 Å². The van der Waals surface area contributed by atoms with E-state index < -0.39 is 0 Å². The maximum atomic E-state index is 12.6. The summed E-state index contributed by atoms with van der Waals surface area (Å²) in [6.07, 6.45) is 2.56. The molecule has 1 amide bonds. The number of hydrazone groups is 1. The van der Waals surface area contributed by atoms with E-state index in [2.05, 4.69) is 32.5 Å². The predicted molar refractivity (Wildman–Crippen MR) is 127 cm³/mol. The number of hydrogen-bond donors (Lipinski definition) is 2. The zero-order valence-corrected chi connectivity index (χ0v) is 19.6. The molecule has 4 rings (SSSR count). The third-order valence-corrected chi connectivity index (χ3v) is 7.16. The first-order valence-corrected chi connectivity index (χ1v) is 12.0. The first-order valence-electron chi connectivity index (χ1n) is 11.2. The molecule has 0 aromatic heterocycles. The van der Waals surface area contributed by atoms with Gasteiger partial charge in [0.15, 0.2) is 0 Å². The summed E-state index contributed by atoms with van der Waals surface area (Å²) in [4.78, 5) is 17.4. The Balaban J connectivity index is 1.23. The van der Waals surface area contributed by atoms with Gasteiger partial charge in [-0.1, -0.05) is 30.1 Å². The predicted octanol–water partition coefficient (Wildman–Crippen LogP) is 2.50. The fourth-order valence-corrected chi connectivity index (χ4v) is 4.81. The van der Waals surface area contributed by atoms with Gasteiger partial charge in [-0.05, 0) is 50.0 Å². The van der Waals surface area contributed by atoms with Crippen LogP contribution in [0.1, 0.15) is 19.8 Å². The van der Waals surface area contributed by atoms with E-state index in [4.69, 9.17) is 23.2 Å². The van der Waals surface area contributed by atoms with E-state index in [1.54, 1.807) is 12.1 Å². The number of hydrogen-bond acceptors (Lipinski definition) is 6. The van der Waals surface area contributed by atoms with E-state index >= 15 is 0 Å². The van der Waals surface area contributed by atoms with Gasteiger partial charge in [-0.3, -0.25) is 14.7 Å². The fourth-order valence-electron chi connectivity index (χ4n) is 4.52. The van der Waals surface area contributed by atoms with Crippen molar-refractivity contribution in [1.82, 2.24) is 20.4 Å². The number of carbonyl (C=O) groups excluding carboxylic acids is 1. The van der Waals surface area contributed by atoms with Crippen molar-refractivity contribution in [3.8, 4) is 0 Å². The maximum absolute atomic E-state index is 12.6. The van der Waals surface area contributed by atoms with Crippen molar-refractivity contribution in [2.45, 2.75) is 19.8 Å². The van der Waals surface area contributed by atoms with Crippen LogP contribution in [-0.2, 0) is 4.79 Å². The van der Waals surface area contributed by atoms with Crippen molar-refractivity contribution in [1.29, 1.82) is 0 Å². The van der Waals surface area contributed by atoms with Gasteiger partial charge in [-0.25, -0.2) is 0 Å². The summed E-state index contributed by atoms with van der Waals surface area (Å²) in [5.41, 5.74) is 0.871. The molecule has 9 heteroatoms. The SMILES string of the molecule is CC1CN(c2ccc(Cl)c(Cl)c2)N=C1NC(=O)CN1CCN(CC2CCNCC2)CC1. The van der Waals surface area contributed by atoms with Crippen molar-refractivity contribution < 1.29 is 4.79 Å². The number of piperidine rings is 1. The van der Waals surface area contributed by atoms with Crippen LogP contribution in [0, 0.1) is 11.8 Å². The number of anilines is 1. The molecule has 2 saturated heterocycles. The lowest BCUT2D eigenvalue weighted by Gasteiger charge is -2.37. The summed E-state index contributed by atoms with van der Waals surface area (Å²) < 4.78 is 0. The van der Waals surface area contributed by atoms with E-state index in [1.807, 2.05) is 11.1 Å². The van der Waals surface area contributed by atoms with Crippen LogP contribution >= 0.6 is 23.2 Å². The first-order chi connectivity index (χ1) is 15.0. The number of rotatable bonds is 5. The summed E-state index contributed by atoms with van der Waals surface area (Å²) in [5, 5.41) is 13.9. The molecule has 2 N–H and O–H groups in total. The van der Waals surface area contributed by atoms with E-state index in [1.165, 1.54) is 19.4 Å². The molecule has 1 unspecified atom stereocenters. The topological polar surface area (TPSA) is 63.2 Å². The second-order valence-corrected chi connectivity index (χ2v) is 9.70. The molecule has 0 spiro atoms. The van der Waals surface area contributed by atoms with Crippen molar-refractivity contribution in [2.24, 2.45) is 16.9 Å². The molecule has 1 aromatic rings. The summed E-state index contributed by atoms with van der Waals surface area (Å²) in [6.45, 7) is 10.6. The van der Waals surface area contributed by atoms with Crippen LogP contribution in [-0.4, -0.2) is 80.4 Å². The summed E-state index contributed by atoms with van der Waals surface area (Å²) >= 11 is 12.1. The monoisotopic (exact) mass is 466 g/mol. The molecule has 3 aliphatic heterocycles. The van der Waals surface area contributed by atoms with Gasteiger partial charge >= 0.3 is 0 Å². The van der Waals surface area contributed by atoms with E-state index in [9.17, 15) is 4.79 Å². The highest BCUT2D eigenvalue weighted by molar-refractivity contribution is 6.42. The highest BCUT2D eigenvalue weighted by atomic mass is 35.5. The molecular formula is C22H32Cl2N6O. The van der Waals surface area contributed by atoms with Gasteiger partial charge in [-0.15, -0.1) is 0 Å². The molecule has 3 aliphatic rings. The van der Waals surface area contributed by atoms with Crippen molar-refractivity contribution in [3.05, 3.63) is 28.2 Å². The van der Waals surface area contributed by atoms with Crippen LogP contribution in [0.4, 0.5) is 5.69 Å². The zero-order chi connectivity index (χ0) is 21.8. The van der Waals surface area contributed by atoms with Crippen LogP contribution in [0.5, 0.6) is 0 Å². The molecule has 1 aromatic carbocycles. The quantitative estimate of drug-likeness (QED) is 0.697. The fraction of sp³-hybridized carbons (Fsp3) is 0.636. The number of amidine groups is 1. The molecular weight excluding hydrogens is 435 g/mol. The average Bonchev–Trinajstić information content (AvgIpc) is 3.12. The van der Waals surface area contributed by atoms with Crippen LogP contribution in [0.15, 0.2) is 23.3 Å². The molecule has 0 bridgehead atoms. The largest absolute Gasteiger partial charge is 0.317 e. The van der Waals surface area contributed by atoms with Gasteiger partial charge in [0.2, 0.25) is 5.91 Å². The third kappa shape index (κ3) is 6.11. The minimum Gasteiger partial charge on any atom is -0.317 e. The summed E-state index contributed by atoms with van der Waals surface area (Å²) in [5.74, 6) is 1.67. The second-order valence-electron chi connectivity index (χ2n) is 8.89. The standard InChI is InChI=1S/C22H32Cl2N6O/c1-16-13-30(18-2-3-19(23)20(24)12-18)27-22(16)26-21(31)15-29-10-8-28(9-11-29)14-17-4-6-25-7-5-17/h2-3,12,16-17,25H,4-11,13-15H2,1H3,(H,26,27,31). The lowest BCUT2D eigenvalue weighted by molar-refractivity contribution is -0.121. The Morgan fingerprint density at radius 2 is 1.84 bits per heavy atom. The number of carbonyl (C=O) groups is 1. The molecule has 170 valence electrons.